The van der Waals surface area contributed by atoms with Crippen LogP contribution in [0.4, 0.5) is 29.1 Å². The average molecular weight is 445 g/mol. The van der Waals surface area contributed by atoms with E-state index in [0.29, 0.717) is 22.6 Å². The van der Waals surface area contributed by atoms with Gasteiger partial charge in [0.2, 0.25) is 5.88 Å². The maximum absolute atomic E-state index is 13.2. The van der Waals surface area contributed by atoms with Crippen molar-refractivity contribution in [1.82, 2.24) is 29.9 Å². The number of aromatic nitrogens is 6. The number of hydrogen-bond acceptors (Lipinski definition) is 8. The van der Waals surface area contributed by atoms with E-state index in [-0.39, 0.29) is 23.6 Å². The van der Waals surface area contributed by atoms with E-state index >= 15 is 0 Å². The highest BCUT2D eigenvalue weighted by Crippen LogP contribution is 2.36. The molecule has 0 amide bonds. The predicted octanol–water partition coefficient (Wildman–Crippen LogP) is 4.51. The van der Waals surface area contributed by atoms with Crippen molar-refractivity contribution in [1.29, 1.82) is 0 Å². The lowest BCUT2D eigenvalue weighted by molar-refractivity contribution is -0.139. The Labute approximate surface area is 178 Å². The summed E-state index contributed by atoms with van der Waals surface area (Å²) in [5, 5.41) is 2.92. The van der Waals surface area contributed by atoms with Crippen LogP contribution in [0, 0.1) is 0 Å². The number of nitrogens with one attached hydrogen (secondary N) is 1. The lowest BCUT2D eigenvalue weighted by Gasteiger charge is -2.14. The molecular weight excluding hydrogens is 430 g/mol. The predicted molar refractivity (Wildman–Crippen MR) is 107 cm³/mol. The first-order chi connectivity index (χ1) is 15.4. The molecular formula is C20H15F4N7O. The lowest BCUT2D eigenvalue weighted by Crippen LogP contribution is -2.11. The fraction of sp³-hybridized carbons (Fsp3) is 0.200. The van der Waals surface area contributed by atoms with Crippen molar-refractivity contribution in [2.75, 3.05) is 11.9 Å². The molecule has 12 heteroatoms. The highest BCUT2D eigenvalue weighted by molar-refractivity contribution is 5.87. The smallest absolute Gasteiger partial charge is 0.421 e. The molecule has 164 valence electrons. The molecule has 0 atom stereocenters. The summed E-state index contributed by atoms with van der Waals surface area (Å²) >= 11 is 0. The molecule has 32 heavy (non-hydrogen) atoms. The Balaban J connectivity index is 1.71. The van der Waals surface area contributed by atoms with Crippen molar-refractivity contribution >= 4 is 22.7 Å². The summed E-state index contributed by atoms with van der Waals surface area (Å²) in [5.74, 6) is -0.408. The van der Waals surface area contributed by atoms with Gasteiger partial charge in [-0.15, -0.1) is 0 Å². The number of anilines is 2. The molecule has 0 saturated carbocycles. The fourth-order valence-corrected chi connectivity index (χ4v) is 2.93. The molecule has 0 saturated heterocycles. The van der Waals surface area contributed by atoms with E-state index in [0.717, 1.165) is 6.07 Å². The largest absolute Gasteiger partial charge is 0.477 e. The third-order valence-corrected chi connectivity index (χ3v) is 4.33. The second kappa shape index (κ2) is 8.65. The highest BCUT2D eigenvalue weighted by atomic mass is 19.4. The molecule has 0 bridgehead atoms. The Hall–Kier alpha value is -3.96. The quantitative estimate of drug-likeness (QED) is 0.433. The molecule has 0 radical (unpaired) electrons. The van der Waals surface area contributed by atoms with E-state index in [1.165, 1.54) is 31.0 Å². The second-order valence-corrected chi connectivity index (χ2v) is 6.42. The number of pyridine rings is 2. The van der Waals surface area contributed by atoms with E-state index in [4.69, 9.17) is 4.74 Å². The van der Waals surface area contributed by atoms with Crippen molar-refractivity contribution in [2.24, 2.45) is 0 Å². The molecule has 0 aliphatic heterocycles. The molecule has 1 N–H and O–H groups in total. The topological polar surface area (TPSA) is 98.6 Å². The number of nitrogens with zero attached hydrogens (tertiary/aromatic N) is 6. The summed E-state index contributed by atoms with van der Waals surface area (Å²) in [6.45, 7) is 0.819. The van der Waals surface area contributed by atoms with Crippen LogP contribution in [0.1, 0.15) is 18.1 Å². The van der Waals surface area contributed by atoms with Gasteiger partial charge in [0.25, 0.3) is 0 Å². The number of hydrogen-bond donors (Lipinski definition) is 1. The molecule has 0 fully saturated rings. The van der Waals surface area contributed by atoms with Crippen LogP contribution < -0.4 is 10.1 Å². The first-order valence-electron chi connectivity index (χ1n) is 9.35. The maximum atomic E-state index is 13.2. The van der Waals surface area contributed by atoms with Crippen LogP contribution in [0.2, 0.25) is 0 Å². The van der Waals surface area contributed by atoms with E-state index in [9.17, 15) is 17.6 Å². The van der Waals surface area contributed by atoms with Crippen molar-refractivity contribution < 1.29 is 22.3 Å². The number of fused-ring (bicyclic) bond motifs is 1. The second-order valence-electron chi connectivity index (χ2n) is 6.42. The highest BCUT2D eigenvalue weighted by Gasteiger charge is 2.35. The van der Waals surface area contributed by atoms with Crippen molar-refractivity contribution in [3.05, 3.63) is 54.2 Å². The van der Waals surface area contributed by atoms with Crippen LogP contribution in [0.3, 0.4) is 0 Å². The van der Waals surface area contributed by atoms with Gasteiger partial charge in [0.1, 0.15) is 35.6 Å². The summed E-state index contributed by atoms with van der Waals surface area (Å²) in [6, 6.07) is 3.66. The van der Waals surface area contributed by atoms with Crippen LogP contribution >= 0.6 is 0 Å². The van der Waals surface area contributed by atoms with Crippen molar-refractivity contribution in [3.63, 3.8) is 0 Å². The van der Waals surface area contributed by atoms with Gasteiger partial charge in [0.05, 0.1) is 24.2 Å². The zero-order valence-electron chi connectivity index (χ0n) is 16.6. The van der Waals surface area contributed by atoms with Gasteiger partial charge in [0.15, 0.2) is 5.65 Å². The van der Waals surface area contributed by atoms with E-state index < -0.39 is 24.3 Å². The molecule has 0 aliphatic carbocycles. The Morgan fingerprint density at radius 2 is 1.88 bits per heavy atom. The Kier molecular flexibility index (Phi) is 5.75. The molecule has 0 unspecified atom stereocenters. The minimum absolute atomic E-state index is 0.0237. The number of alkyl halides is 4. The molecule has 8 nitrogen and oxygen atoms in total. The first-order valence-corrected chi connectivity index (χ1v) is 9.35. The van der Waals surface area contributed by atoms with Gasteiger partial charge >= 0.3 is 6.18 Å². The Bertz CT molecular complexity index is 1270. The first kappa shape index (κ1) is 21.3. The van der Waals surface area contributed by atoms with Crippen LogP contribution in [0.5, 0.6) is 5.88 Å². The third-order valence-electron chi connectivity index (χ3n) is 4.33. The van der Waals surface area contributed by atoms with Gasteiger partial charge in [-0.05, 0) is 25.1 Å². The summed E-state index contributed by atoms with van der Waals surface area (Å²) in [5.41, 5.74) is 0.873. The van der Waals surface area contributed by atoms with Gasteiger partial charge in [-0.1, -0.05) is 0 Å². The standard InChI is InChI=1S/C20H15F4N7O/c1-2-32-19-12(20(22,23)24)3-4-15(31-19)29-13-5-6-26-18-17(13)27-9-14(30-18)16-11(7-21)8-25-10-28-16/h3-6,8-10H,2,7H2,1H3,(H,26,29,30,31). The summed E-state index contributed by atoms with van der Waals surface area (Å²) < 4.78 is 57.8. The van der Waals surface area contributed by atoms with Crippen LogP contribution in [-0.4, -0.2) is 36.5 Å². The summed E-state index contributed by atoms with van der Waals surface area (Å²) in [7, 11) is 0. The van der Waals surface area contributed by atoms with Crippen LogP contribution in [0.15, 0.2) is 43.1 Å². The van der Waals surface area contributed by atoms with Crippen LogP contribution in [0.25, 0.3) is 22.6 Å². The van der Waals surface area contributed by atoms with Gasteiger partial charge < -0.3 is 10.1 Å². The Morgan fingerprint density at radius 3 is 2.62 bits per heavy atom. The Morgan fingerprint density at radius 1 is 1.03 bits per heavy atom. The normalized spacial score (nSPS) is 11.5. The third kappa shape index (κ3) is 4.24. The number of rotatable bonds is 6. The fourth-order valence-electron chi connectivity index (χ4n) is 2.93. The molecule has 4 aromatic rings. The van der Waals surface area contributed by atoms with E-state index in [2.05, 4.69) is 35.2 Å². The number of halogens is 4. The molecule has 0 aromatic carbocycles. The van der Waals surface area contributed by atoms with Crippen molar-refractivity contribution in [2.45, 2.75) is 19.8 Å². The van der Waals surface area contributed by atoms with Gasteiger partial charge in [0, 0.05) is 18.0 Å². The summed E-state index contributed by atoms with van der Waals surface area (Å²) in [6.07, 6.45) is 0.889. The lowest BCUT2D eigenvalue weighted by atomic mass is 10.2. The van der Waals surface area contributed by atoms with Gasteiger partial charge in [-0.3, -0.25) is 0 Å². The minimum Gasteiger partial charge on any atom is -0.477 e. The minimum atomic E-state index is -4.60. The molecule has 0 spiro atoms. The van der Waals surface area contributed by atoms with Gasteiger partial charge in [-0.25, -0.2) is 29.3 Å². The van der Waals surface area contributed by atoms with Crippen molar-refractivity contribution in [3.8, 4) is 17.3 Å². The average Bonchev–Trinajstić information content (AvgIpc) is 2.78. The molecule has 4 aromatic heterocycles. The van der Waals surface area contributed by atoms with E-state index in [1.54, 1.807) is 13.0 Å². The summed E-state index contributed by atoms with van der Waals surface area (Å²) in [4.78, 5) is 24.7. The SMILES string of the molecule is CCOc1nc(Nc2ccnc3nc(-c4ncncc4CF)cnc23)ccc1C(F)(F)F. The van der Waals surface area contributed by atoms with Gasteiger partial charge in [-0.2, -0.15) is 18.2 Å². The number of ether oxygens (including phenoxy) is 1. The molecule has 4 rings (SSSR count). The molecule has 4 heterocycles. The van der Waals surface area contributed by atoms with E-state index in [1.807, 2.05) is 0 Å². The zero-order valence-corrected chi connectivity index (χ0v) is 16.6. The maximum Gasteiger partial charge on any atom is 0.421 e. The monoisotopic (exact) mass is 445 g/mol. The zero-order chi connectivity index (χ0) is 22.7. The van der Waals surface area contributed by atoms with Crippen LogP contribution in [-0.2, 0) is 12.9 Å². The molecule has 0 aliphatic rings.